The number of hydrogen-bond acceptors (Lipinski definition) is 12. The van der Waals surface area contributed by atoms with Crippen LogP contribution in [0.4, 0.5) is 4.39 Å². The van der Waals surface area contributed by atoms with Gasteiger partial charge in [-0.3, -0.25) is 23.2 Å². The van der Waals surface area contributed by atoms with Gasteiger partial charge in [0.1, 0.15) is 29.9 Å². The number of alkyl halides is 1. The van der Waals surface area contributed by atoms with E-state index in [1.54, 1.807) is 41.9 Å². The number of aliphatic hydroxyl groups excluding tert-OH is 1. The van der Waals surface area contributed by atoms with Gasteiger partial charge in [-0.2, -0.15) is 0 Å². The highest BCUT2D eigenvalue weighted by molar-refractivity contribution is 8.14. The van der Waals surface area contributed by atoms with Crippen molar-refractivity contribution in [3.63, 3.8) is 0 Å². The second kappa shape index (κ2) is 22.7. The SMILES string of the molecule is C=C[C@H](F)[C@H](OP(=O)(OCCSC(=O)C(=C)C)OCCSC(=O)C(C)(C)C)[C@@H](CO)OC[B]C(c1ccccc1)(c1ccc(OC)cc1)c1ccc(OC)cc1. The Morgan fingerprint density at radius 2 is 1.38 bits per heavy atom. The van der Waals surface area contributed by atoms with Gasteiger partial charge in [-0.25, -0.2) is 8.96 Å². The van der Waals surface area contributed by atoms with E-state index in [0.29, 0.717) is 17.1 Å². The summed E-state index contributed by atoms with van der Waals surface area (Å²) in [4.78, 5) is 24.5. The van der Waals surface area contributed by atoms with E-state index in [9.17, 15) is 19.3 Å². The number of aliphatic hydroxyl groups is 1. The zero-order valence-electron chi connectivity index (χ0n) is 32.8. The third kappa shape index (κ3) is 13.4. The summed E-state index contributed by atoms with van der Waals surface area (Å²) in [5.74, 6) is 1.50. The van der Waals surface area contributed by atoms with Crippen molar-refractivity contribution in [3.05, 3.63) is 120 Å². The van der Waals surface area contributed by atoms with E-state index < -0.39 is 43.5 Å². The lowest BCUT2D eigenvalue weighted by Crippen LogP contribution is -2.44. The molecule has 3 aromatic rings. The largest absolute Gasteiger partial charge is 0.497 e. The Morgan fingerprint density at radius 1 is 0.875 bits per heavy atom. The topological polar surface area (TPSA) is 127 Å². The first-order valence-corrected chi connectivity index (χ1v) is 21.3. The molecule has 15 heteroatoms. The van der Waals surface area contributed by atoms with Gasteiger partial charge >= 0.3 is 7.82 Å². The van der Waals surface area contributed by atoms with Gasteiger partial charge in [-0.15, -0.1) is 6.58 Å². The van der Waals surface area contributed by atoms with E-state index in [0.717, 1.165) is 46.3 Å². The van der Waals surface area contributed by atoms with Crippen molar-refractivity contribution >= 4 is 48.9 Å². The lowest BCUT2D eigenvalue weighted by atomic mass is 9.44. The van der Waals surface area contributed by atoms with E-state index in [-0.39, 0.29) is 41.5 Å². The number of carbonyl (C=O) groups is 2. The normalized spacial score (nSPS) is 14.5. The van der Waals surface area contributed by atoms with Crippen LogP contribution in [0.3, 0.4) is 0 Å². The number of rotatable bonds is 24. The molecule has 0 spiro atoms. The van der Waals surface area contributed by atoms with Gasteiger partial charge in [-0.05, 0) is 53.5 Å². The quantitative estimate of drug-likeness (QED) is 0.0234. The number of methoxy groups -OCH3 is 2. The molecule has 1 unspecified atom stereocenters. The minimum atomic E-state index is -4.60. The third-order valence-electron chi connectivity index (χ3n) is 8.45. The first-order valence-electron chi connectivity index (χ1n) is 17.9. The number of phosphoric ester groups is 1. The Hall–Kier alpha value is -3.20. The first kappa shape index (κ1) is 47.2. The Bertz CT molecular complexity index is 1710. The summed E-state index contributed by atoms with van der Waals surface area (Å²) in [6.45, 7) is 12.6. The van der Waals surface area contributed by atoms with E-state index in [1.807, 2.05) is 86.1 Å². The maximum absolute atomic E-state index is 15.8. The molecule has 0 amide bonds. The molecule has 0 aliphatic carbocycles. The van der Waals surface area contributed by atoms with Gasteiger partial charge in [0.15, 0.2) is 12.4 Å². The summed E-state index contributed by atoms with van der Waals surface area (Å²) >= 11 is 1.88. The second-order valence-electron chi connectivity index (χ2n) is 13.6. The minimum Gasteiger partial charge on any atom is -0.497 e. The number of ether oxygens (including phenoxy) is 3. The maximum Gasteiger partial charge on any atom is 0.475 e. The van der Waals surface area contributed by atoms with Crippen molar-refractivity contribution in [2.75, 3.05) is 52.1 Å². The molecule has 0 fully saturated rings. The fourth-order valence-electron chi connectivity index (χ4n) is 5.43. The van der Waals surface area contributed by atoms with Crippen LogP contribution in [0.15, 0.2) is 104 Å². The van der Waals surface area contributed by atoms with Crippen LogP contribution in [0, 0.1) is 5.41 Å². The van der Waals surface area contributed by atoms with Crippen molar-refractivity contribution in [2.45, 2.75) is 51.4 Å². The Balaban J connectivity index is 1.95. The van der Waals surface area contributed by atoms with Crippen LogP contribution >= 0.6 is 31.3 Å². The van der Waals surface area contributed by atoms with E-state index in [4.69, 9.17) is 27.8 Å². The van der Waals surface area contributed by atoms with Crippen LogP contribution in [0.2, 0.25) is 0 Å². The summed E-state index contributed by atoms with van der Waals surface area (Å²) in [5, 5.41) is 9.27. The minimum absolute atomic E-state index is 0.0675. The number of benzene rings is 3. The molecule has 0 saturated carbocycles. The van der Waals surface area contributed by atoms with Gasteiger partial charge in [-0.1, -0.05) is 112 Å². The third-order valence-corrected chi connectivity index (χ3v) is 12.2. The number of halogens is 1. The van der Waals surface area contributed by atoms with Crippen molar-refractivity contribution in [1.29, 1.82) is 0 Å². The van der Waals surface area contributed by atoms with Gasteiger partial charge in [0.25, 0.3) is 0 Å². The monoisotopic (exact) mass is 829 g/mol. The first-order chi connectivity index (χ1) is 26.6. The van der Waals surface area contributed by atoms with Crippen molar-refractivity contribution in [1.82, 2.24) is 0 Å². The van der Waals surface area contributed by atoms with Crippen molar-refractivity contribution < 1.29 is 51.4 Å². The standard InChI is InChI=1S/C41H52BFO10PS2/c1-9-35(43)37(53-54(47,51-23-25-55-38(45)29(2)3)52-24-26-56-39(46)40(4,5)6)36(27-44)50-28-42-41(30-13-11-10-12-14-30,31-15-19-33(48-7)20-16-31)32-17-21-34(49-8)22-18-32/h9-22,35-37,44H,1-2,23-28H2,3-8H3/t35-,36+,37-,54?/m0/s1. The predicted molar refractivity (Wildman–Crippen MR) is 224 cm³/mol. The van der Waals surface area contributed by atoms with Crippen molar-refractivity contribution in [2.24, 2.45) is 5.41 Å². The molecule has 303 valence electrons. The van der Waals surface area contributed by atoms with Crippen LogP contribution in [0.1, 0.15) is 44.4 Å². The molecule has 3 rings (SSSR count). The highest BCUT2D eigenvalue weighted by Gasteiger charge is 2.41. The second-order valence-corrected chi connectivity index (χ2v) is 17.3. The molecule has 1 N–H and O–H groups in total. The molecule has 10 nitrogen and oxygen atoms in total. The average Bonchev–Trinajstić information content (AvgIpc) is 3.20. The van der Waals surface area contributed by atoms with E-state index in [1.165, 1.54) is 0 Å². The molecule has 0 bridgehead atoms. The number of thioether (sulfide) groups is 2. The Kier molecular flexibility index (Phi) is 19.1. The highest BCUT2D eigenvalue weighted by Crippen LogP contribution is 2.52. The molecule has 0 aliphatic rings. The molecule has 1 radical (unpaired) electrons. The van der Waals surface area contributed by atoms with Crippen molar-refractivity contribution in [3.8, 4) is 11.5 Å². The van der Waals surface area contributed by atoms with Crippen LogP contribution in [0.5, 0.6) is 11.5 Å². The summed E-state index contributed by atoms with van der Waals surface area (Å²) in [7, 11) is 0.473. The maximum atomic E-state index is 15.8. The van der Waals surface area contributed by atoms with Gasteiger partial charge in [0.2, 0.25) is 5.12 Å². The smallest absolute Gasteiger partial charge is 0.475 e. The number of hydrogen-bond donors (Lipinski definition) is 1. The molecule has 4 atom stereocenters. The molecule has 0 aromatic heterocycles. The Morgan fingerprint density at radius 3 is 1.82 bits per heavy atom. The molecule has 3 aromatic carbocycles. The van der Waals surface area contributed by atoms with Crippen LogP contribution in [-0.4, -0.2) is 93.0 Å². The van der Waals surface area contributed by atoms with Crippen LogP contribution < -0.4 is 9.47 Å². The lowest BCUT2D eigenvalue weighted by molar-refractivity contribution is -0.117. The lowest BCUT2D eigenvalue weighted by Gasteiger charge is -2.37. The zero-order valence-corrected chi connectivity index (χ0v) is 35.3. The fraction of sp³-hybridized carbons (Fsp3) is 0.415. The van der Waals surface area contributed by atoms with E-state index >= 15 is 4.39 Å². The molecule has 0 heterocycles. The fourth-order valence-corrected chi connectivity index (χ4v) is 8.44. The highest BCUT2D eigenvalue weighted by atomic mass is 32.2. The summed E-state index contributed by atoms with van der Waals surface area (Å²) in [6.07, 6.45) is -4.16. The summed E-state index contributed by atoms with van der Waals surface area (Å²) in [6, 6.07) is 24.9. The molecule has 56 heavy (non-hydrogen) atoms. The van der Waals surface area contributed by atoms with Crippen LogP contribution in [-0.2, 0) is 37.8 Å². The molecular weight excluding hydrogens is 777 g/mol. The Labute approximate surface area is 339 Å². The number of phosphoric acid groups is 1. The molecular formula is C41H52BFO10PS2. The summed E-state index contributed by atoms with van der Waals surface area (Å²) < 4.78 is 63.9. The molecule has 0 saturated heterocycles. The zero-order chi connectivity index (χ0) is 41.4. The summed E-state index contributed by atoms with van der Waals surface area (Å²) in [5.41, 5.74) is 2.31. The number of carbonyl (C=O) groups excluding carboxylic acids is 2. The van der Waals surface area contributed by atoms with Crippen LogP contribution in [0.25, 0.3) is 0 Å². The van der Waals surface area contributed by atoms with E-state index in [2.05, 4.69) is 13.2 Å². The van der Waals surface area contributed by atoms with Gasteiger partial charge in [0, 0.05) is 28.7 Å². The van der Waals surface area contributed by atoms with Gasteiger partial charge in [0.05, 0.1) is 34.0 Å². The van der Waals surface area contributed by atoms with Gasteiger partial charge < -0.3 is 19.3 Å². The molecule has 0 aliphatic heterocycles. The average molecular weight is 830 g/mol. The predicted octanol–water partition coefficient (Wildman–Crippen LogP) is 8.23.